The van der Waals surface area contributed by atoms with Gasteiger partial charge in [-0.1, -0.05) is 54.6 Å². The number of hydrogen-bond acceptors (Lipinski definition) is 5. The third kappa shape index (κ3) is 6.91. The lowest BCUT2D eigenvalue weighted by molar-refractivity contribution is -0.133. The van der Waals surface area contributed by atoms with Crippen molar-refractivity contribution < 1.29 is 22.4 Å². The van der Waals surface area contributed by atoms with Crippen LogP contribution in [0.15, 0.2) is 78.9 Å². The van der Waals surface area contributed by atoms with Crippen LogP contribution >= 0.6 is 0 Å². The fourth-order valence-electron chi connectivity index (χ4n) is 5.01. The van der Waals surface area contributed by atoms with Gasteiger partial charge in [0, 0.05) is 30.6 Å². The lowest BCUT2D eigenvalue weighted by Gasteiger charge is -2.30. The highest BCUT2D eigenvalue weighted by molar-refractivity contribution is 7.91. The summed E-state index contributed by atoms with van der Waals surface area (Å²) in [5.41, 5.74) is 3.55. The maximum absolute atomic E-state index is 13.4. The van der Waals surface area contributed by atoms with E-state index < -0.39 is 15.9 Å². The summed E-state index contributed by atoms with van der Waals surface area (Å²) in [4.78, 5) is 28.0. The highest BCUT2D eigenvalue weighted by atomic mass is 32.2. The van der Waals surface area contributed by atoms with Crippen LogP contribution in [0, 0.1) is 5.82 Å². The number of sulfone groups is 1. The van der Waals surface area contributed by atoms with E-state index in [1.165, 1.54) is 17.0 Å². The van der Waals surface area contributed by atoms with Gasteiger partial charge in [0.25, 0.3) is 5.91 Å². The smallest absolute Gasteiger partial charge is 0.251 e. The van der Waals surface area contributed by atoms with Gasteiger partial charge in [0.1, 0.15) is 11.9 Å². The van der Waals surface area contributed by atoms with Gasteiger partial charge < -0.3 is 15.5 Å². The lowest BCUT2D eigenvalue weighted by Crippen LogP contribution is -2.53. The molecule has 39 heavy (non-hydrogen) atoms. The molecule has 1 aliphatic heterocycles. The predicted molar refractivity (Wildman–Crippen MR) is 149 cm³/mol. The van der Waals surface area contributed by atoms with Crippen LogP contribution in [0.3, 0.4) is 0 Å². The molecule has 0 unspecified atom stereocenters. The molecule has 2 amide bonds. The van der Waals surface area contributed by atoms with Gasteiger partial charge >= 0.3 is 0 Å². The van der Waals surface area contributed by atoms with Gasteiger partial charge in [0.05, 0.1) is 11.5 Å². The molecule has 1 saturated heterocycles. The van der Waals surface area contributed by atoms with E-state index in [0.29, 0.717) is 24.4 Å². The van der Waals surface area contributed by atoms with Gasteiger partial charge in [-0.3, -0.25) is 9.59 Å². The van der Waals surface area contributed by atoms with Crippen molar-refractivity contribution in [1.29, 1.82) is 0 Å². The maximum Gasteiger partial charge on any atom is 0.251 e. The molecule has 1 aliphatic carbocycles. The average molecular weight is 550 g/mol. The molecule has 0 bridgehead atoms. The van der Waals surface area contributed by atoms with Crippen molar-refractivity contribution in [3.8, 4) is 11.1 Å². The Hall–Kier alpha value is -3.56. The predicted octanol–water partition coefficient (Wildman–Crippen LogP) is 3.38. The Morgan fingerprint density at radius 2 is 1.54 bits per heavy atom. The standard InChI is InChI=1S/C30H32FN3O4S/c31-25-12-10-23(11-13-25)26-20-28(26)32-15-14-27(30(36)34-16-18-39(37,38)19-17-34)33-29(35)24-8-6-22(7-9-24)21-4-2-1-3-5-21/h1-13,26-28,32H,14-20H2,(H,33,35)/t26-,27+,28+/m1/s1. The quantitative estimate of drug-likeness (QED) is 0.427. The van der Waals surface area contributed by atoms with Crippen molar-refractivity contribution >= 4 is 21.7 Å². The van der Waals surface area contributed by atoms with Crippen LogP contribution in [-0.4, -0.2) is 68.4 Å². The Bertz CT molecular complexity index is 1400. The monoisotopic (exact) mass is 549 g/mol. The molecule has 3 aromatic carbocycles. The number of rotatable bonds is 9. The first-order valence-corrected chi connectivity index (χ1v) is 15.1. The molecule has 0 radical (unpaired) electrons. The molecule has 3 aromatic rings. The zero-order valence-electron chi connectivity index (χ0n) is 21.6. The number of carbonyl (C=O) groups excluding carboxylic acids is 2. The summed E-state index contributed by atoms with van der Waals surface area (Å²) < 4.78 is 37.0. The van der Waals surface area contributed by atoms with Crippen LogP contribution < -0.4 is 10.6 Å². The van der Waals surface area contributed by atoms with E-state index in [-0.39, 0.29) is 48.3 Å². The molecule has 7 nitrogen and oxygen atoms in total. The summed E-state index contributed by atoms with van der Waals surface area (Å²) >= 11 is 0. The van der Waals surface area contributed by atoms with E-state index >= 15 is 0 Å². The SMILES string of the molecule is O=C(N[C@@H](CCN[C@H]1C[C@@H]1c1ccc(F)cc1)C(=O)N1CCS(=O)(=O)CC1)c1ccc(-c2ccccc2)cc1. The Labute approximate surface area is 228 Å². The molecule has 1 saturated carbocycles. The third-order valence-corrected chi connectivity index (χ3v) is 9.05. The number of halogens is 1. The molecular formula is C30H32FN3O4S. The van der Waals surface area contributed by atoms with Gasteiger partial charge in [0.15, 0.2) is 9.84 Å². The van der Waals surface area contributed by atoms with Crippen molar-refractivity contribution in [2.24, 2.45) is 0 Å². The van der Waals surface area contributed by atoms with Crippen LogP contribution in [0.25, 0.3) is 11.1 Å². The zero-order chi connectivity index (χ0) is 27.4. The van der Waals surface area contributed by atoms with Crippen LogP contribution in [0.1, 0.15) is 34.7 Å². The van der Waals surface area contributed by atoms with E-state index in [2.05, 4.69) is 10.6 Å². The largest absolute Gasteiger partial charge is 0.340 e. The molecule has 204 valence electrons. The fourth-order valence-corrected chi connectivity index (χ4v) is 6.21. The van der Waals surface area contributed by atoms with Crippen molar-refractivity contribution in [3.63, 3.8) is 0 Å². The minimum Gasteiger partial charge on any atom is -0.340 e. The summed E-state index contributed by atoms with van der Waals surface area (Å²) in [6, 6.07) is 23.0. The van der Waals surface area contributed by atoms with Crippen molar-refractivity contribution in [1.82, 2.24) is 15.5 Å². The van der Waals surface area contributed by atoms with Gasteiger partial charge in [-0.25, -0.2) is 12.8 Å². The van der Waals surface area contributed by atoms with Gasteiger partial charge in [-0.15, -0.1) is 0 Å². The summed E-state index contributed by atoms with van der Waals surface area (Å²) in [6.07, 6.45) is 1.29. The molecule has 5 rings (SSSR count). The van der Waals surface area contributed by atoms with Crippen LogP contribution in [0.2, 0.25) is 0 Å². The first-order chi connectivity index (χ1) is 18.8. The first-order valence-electron chi connectivity index (χ1n) is 13.2. The van der Waals surface area contributed by atoms with Gasteiger partial charge in [0.2, 0.25) is 5.91 Å². The second-order valence-corrected chi connectivity index (χ2v) is 12.5. The number of nitrogens with zero attached hydrogens (tertiary/aromatic N) is 1. The molecule has 0 aromatic heterocycles. The number of carbonyl (C=O) groups is 2. The normalized spacial score (nSPS) is 20.7. The van der Waals surface area contributed by atoms with Crippen molar-refractivity contribution in [3.05, 3.63) is 95.8 Å². The lowest BCUT2D eigenvalue weighted by atomic mass is 10.0. The van der Waals surface area contributed by atoms with Gasteiger partial charge in [-0.05, 0) is 60.3 Å². The highest BCUT2D eigenvalue weighted by Crippen LogP contribution is 2.40. The molecule has 2 fully saturated rings. The Balaban J connectivity index is 1.22. The van der Waals surface area contributed by atoms with E-state index in [9.17, 15) is 22.4 Å². The van der Waals surface area contributed by atoms with Crippen LogP contribution in [0.5, 0.6) is 0 Å². The first kappa shape index (κ1) is 27.0. The number of amides is 2. The molecular weight excluding hydrogens is 517 g/mol. The molecule has 0 spiro atoms. The Morgan fingerprint density at radius 1 is 0.897 bits per heavy atom. The summed E-state index contributed by atoms with van der Waals surface area (Å²) in [6.45, 7) is 0.752. The molecule has 2 aliphatic rings. The number of hydrogen-bond donors (Lipinski definition) is 2. The highest BCUT2D eigenvalue weighted by Gasteiger charge is 2.38. The van der Waals surface area contributed by atoms with Crippen molar-refractivity contribution in [2.45, 2.75) is 30.8 Å². The van der Waals surface area contributed by atoms with Crippen molar-refractivity contribution in [2.75, 3.05) is 31.1 Å². The zero-order valence-corrected chi connectivity index (χ0v) is 22.4. The van der Waals surface area contributed by atoms with E-state index in [4.69, 9.17) is 0 Å². The van der Waals surface area contributed by atoms with Crippen LogP contribution in [0.4, 0.5) is 4.39 Å². The third-order valence-electron chi connectivity index (χ3n) is 7.44. The molecule has 3 atom stereocenters. The summed E-state index contributed by atoms with van der Waals surface area (Å²) in [5, 5.41) is 6.34. The number of nitrogens with one attached hydrogen (secondary N) is 2. The van der Waals surface area contributed by atoms with E-state index in [0.717, 1.165) is 23.1 Å². The minimum atomic E-state index is -3.14. The molecule has 2 N–H and O–H groups in total. The van der Waals surface area contributed by atoms with E-state index in [1.807, 2.05) is 42.5 Å². The topological polar surface area (TPSA) is 95.6 Å². The van der Waals surface area contributed by atoms with Gasteiger partial charge in [-0.2, -0.15) is 0 Å². The second kappa shape index (κ2) is 11.7. The summed E-state index contributed by atoms with van der Waals surface area (Å²) in [7, 11) is -3.14. The second-order valence-electron chi connectivity index (χ2n) is 10.2. The fraction of sp³-hybridized carbons (Fsp3) is 0.333. The minimum absolute atomic E-state index is 0.0694. The molecule has 9 heteroatoms. The van der Waals surface area contributed by atoms with E-state index in [1.54, 1.807) is 24.3 Å². The Kier molecular flexibility index (Phi) is 8.09. The Morgan fingerprint density at radius 3 is 2.21 bits per heavy atom. The maximum atomic E-state index is 13.4. The van der Waals surface area contributed by atoms with Crippen LogP contribution in [-0.2, 0) is 14.6 Å². The number of benzene rings is 3. The average Bonchev–Trinajstić information content (AvgIpc) is 3.72. The molecule has 1 heterocycles. The summed E-state index contributed by atoms with van der Waals surface area (Å²) in [5.74, 6) is -0.730.